The highest BCUT2D eigenvalue weighted by molar-refractivity contribution is 6.12. The van der Waals surface area contributed by atoms with E-state index >= 15 is 0 Å². The second-order valence-electron chi connectivity index (χ2n) is 3.28. The molecule has 0 saturated heterocycles. The summed E-state index contributed by atoms with van der Waals surface area (Å²) in [5.41, 5.74) is 0.588. The average molecular weight is 218 g/mol. The summed E-state index contributed by atoms with van der Waals surface area (Å²) in [5.74, 6) is -0.365. The molecule has 0 bridgehead atoms. The molecule has 0 atom stereocenters. The molecule has 16 heavy (non-hydrogen) atoms. The Morgan fingerprint density at radius 1 is 1.31 bits per heavy atom. The van der Waals surface area contributed by atoms with Crippen LogP contribution in [0.2, 0.25) is 0 Å². The fourth-order valence-corrected chi connectivity index (χ4v) is 1.51. The summed E-state index contributed by atoms with van der Waals surface area (Å²) in [6.45, 7) is 2.65. The Morgan fingerprint density at radius 3 is 2.62 bits per heavy atom. The third kappa shape index (κ3) is 1.54. The number of carbonyl (C=O) groups excluding carboxylic acids is 2. The Balaban J connectivity index is 2.61. The molecule has 0 aliphatic carbocycles. The zero-order valence-corrected chi connectivity index (χ0v) is 8.91. The van der Waals surface area contributed by atoms with E-state index in [1.165, 1.54) is 24.6 Å². The van der Waals surface area contributed by atoms with E-state index in [1.54, 1.807) is 18.3 Å². The lowest BCUT2D eigenvalue weighted by Gasteiger charge is -2.14. The monoisotopic (exact) mass is 218 g/mol. The summed E-state index contributed by atoms with van der Waals surface area (Å²) in [7, 11) is 0. The quantitative estimate of drug-likeness (QED) is 0.704. The normalized spacial score (nSPS) is 10.4. The van der Waals surface area contributed by atoms with Crippen molar-refractivity contribution in [2.24, 2.45) is 0 Å². The van der Waals surface area contributed by atoms with Crippen LogP contribution < -0.4 is 4.90 Å². The van der Waals surface area contributed by atoms with Gasteiger partial charge >= 0.3 is 0 Å². The number of nitrogens with zero attached hydrogens (tertiary/aromatic N) is 4. The molecule has 0 radical (unpaired) electrons. The molecule has 2 heterocycles. The van der Waals surface area contributed by atoms with Crippen LogP contribution in [0.25, 0.3) is 5.65 Å². The van der Waals surface area contributed by atoms with Gasteiger partial charge in [-0.15, -0.1) is 0 Å². The van der Waals surface area contributed by atoms with Crippen LogP contribution in [-0.2, 0) is 9.59 Å². The first-order chi connectivity index (χ1) is 7.61. The summed E-state index contributed by atoms with van der Waals surface area (Å²) in [6, 6.07) is 3.48. The highest BCUT2D eigenvalue weighted by atomic mass is 16.2. The lowest BCUT2D eigenvalue weighted by atomic mass is 10.4. The van der Waals surface area contributed by atoms with Gasteiger partial charge in [-0.25, -0.2) is 9.88 Å². The Bertz CT molecular complexity index is 547. The van der Waals surface area contributed by atoms with Crippen molar-refractivity contribution in [3.8, 4) is 0 Å². The number of anilines is 1. The minimum Gasteiger partial charge on any atom is -0.274 e. The lowest BCUT2D eigenvalue weighted by Crippen LogP contribution is -2.34. The van der Waals surface area contributed by atoms with Crippen LogP contribution in [-0.4, -0.2) is 26.4 Å². The predicted octanol–water partition coefficient (Wildman–Crippen LogP) is 0.629. The van der Waals surface area contributed by atoms with Crippen molar-refractivity contribution in [1.29, 1.82) is 0 Å². The third-order valence-corrected chi connectivity index (χ3v) is 2.12. The number of imidazole rings is 1. The zero-order valence-electron chi connectivity index (χ0n) is 8.91. The van der Waals surface area contributed by atoms with Crippen molar-refractivity contribution in [1.82, 2.24) is 14.6 Å². The minimum absolute atomic E-state index is 0.357. The van der Waals surface area contributed by atoms with Gasteiger partial charge in [0.05, 0.1) is 6.20 Å². The molecule has 2 amide bonds. The predicted molar refractivity (Wildman–Crippen MR) is 56.8 cm³/mol. The molecule has 0 aliphatic rings. The van der Waals surface area contributed by atoms with E-state index in [0.717, 1.165) is 4.90 Å². The van der Waals surface area contributed by atoms with Gasteiger partial charge < -0.3 is 0 Å². The maximum absolute atomic E-state index is 11.4. The molecule has 0 unspecified atom stereocenters. The van der Waals surface area contributed by atoms with Crippen LogP contribution in [0.15, 0.2) is 24.5 Å². The first-order valence-corrected chi connectivity index (χ1v) is 4.71. The molecule has 2 rings (SSSR count). The molecule has 2 aromatic heterocycles. The number of fused-ring (bicyclic) bond motifs is 1. The smallest absolute Gasteiger partial charge is 0.231 e. The third-order valence-electron chi connectivity index (χ3n) is 2.12. The number of carbonyl (C=O) groups is 2. The van der Waals surface area contributed by atoms with Gasteiger partial charge in [0.25, 0.3) is 0 Å². The molecule has 0 fully saturated rings. The summed E-state index contributed by atoms with van der Waals surface area (Å²) in [4.78, 5) is 27.8. The van der Waals surface area contributed by atoms with Crippen LogP contribution in [0.5, 0.6) is 0 Å². The van der Waals surface area contributed by atoms with Gasteiger partial charge in [-0.2, -0.15) is 9.61 Å². The van der Waals surface area contributed by atoms with Gasteiger partial charge in [0.2, 0.25) is 11.8 Å². The van der Waals surface area contributed by atoms with Crippen LogP contribution in [0, 0.1) is 0 Å². The number of hydrogen-bond donors (Lipinski definition) is 0. The van der Waals surface area contributed by atoms with Gasteiger partial charge in [-0.05, 0) is 12.1 Å². The van der Waals surface area contributed by atoms with Crippen molar-refractivity contribution in [3.63, 3.8) is 0 Å². The Hall–Kier alpha value is -2.24. The van der Waals surface area contributed by atoms with E-state index in [-0.39, 0.29) is 11.8 Å². The van der Waals surface area contributed by atoms with E-state index in [1.807, 2.05) is 0 Å². The molecular formula is C10H10N4O2. The fourth-order valence-electron chi connectivity index (χ4n) is 1.51. The SMILES string of the molecule is CC(=O)N(C(C)=O)c1cnc2cccnn12. The molecule has 0 aliphatic heterocycles. The highest BCUT2D eigenvalue weighted by Gasteiger charge is 2.20. The van der Waals surface area contributed by atoms with Crippen molar-refractivity contribution >= 4 is 23.3 Å². The maximum atomic E-state index is 11.4. The van der Waals surface area contributed by atoms with Crippen LogP contribution in [0.4, 0.5) is 5.82 Å². The number of rotatable bonds is 1. The molecule has 6 nitrogen and oxygen atoms in total. The van der Waals surface area contributed by atoms with E-state index in [2.05, 4.69) is 10.1 Å². The van der Waals surface area contributed by atoms with Gasteiger partial charge in [0.15, 0.2) is 11.5 Å². The summed E-state index contributed by atoms with van der Waals surface area (Å²) >= 11 is 0. The van der Waals surface area contributed by atoms with Gasteiger partial charge in [0.1, 0.15) is 0 Å². The van der Waals surface area contributed by atoms with Crippen molar-refractivity contribution in [2.45, 2.75) is 13.8 Å². The topological polar surface area (TPSA) is 67.6 Å². The summed E-state index contributed by atoms with van der Waals surface area (Å²) in [5, 5.41) is 4.03. The second kappa shape index (κ2) is 3.73. The highest BCUT2D eigenvalue weighted by Crippen LogP contribution is 2.15. The largest absolute Gasteiger partial charge is 0.274 e. The standard InChI is InChI=1S/C10H10N4O2/c1-7(15)13(8(2)16)10-6-11-9-4-3-5-12-14(9)10/h3-6H,1-2H3. The Labute approximate surface area is 91.5 Å². The van der Waals surface area contributed by atoms with E-state index in [0.29, 0.717) is 11.5 Å². The van der Waals surface area contributed by atoms with Gasteiger partial charge in [0, 0.05) is 20.0 Å². The molecule has 2 aromatic rings. The average Bonchev–Trinajstić information content (AvgIpc) is 2.61. The Kier molecular flexibility index (Phi) is 2.40. The van der Waals surface area contributed by atoms with Gasteiger partial charge in [-0.3, -0.25) is 9.59 Å². The fraction of sp³-hybridized carbons (Fsp3) is 0.200. The minimum atomic E-state index is -0.361. The molecule has 0 saturated carbocycles. The zero-order chi connectivity index (χ0) is 11.7. The molecule has 0 N–H and O–H groups in total. The van der Waals surface area contributed by atoms with Crippen molar-refractivity contribution < 1.29 is 9.59 Å². The van der Waals surface area contributed by atoms with E-state index < -0.39 is 0 Å². The molecule has 0 aromatic carbocycles. The van der Waals surface area contributed by atoms with Crippen LogP contribution in [0.3, 0.4) is 0 Å². The number of amides is 2. The molecular weight excluding hydrogens is 208 g/mol. The number of aromatic nitrogens is 3. The van der Waals surface area contributed by atoms with E-state index in [9.17, 15) is 9.59 Å². The van der Waals surface area contributed by atoms with Crippen LogP contribution >= 0.6 is 0 Å². The van der Waals surface area contributed by atoms with E-state index in [4.69, 9.17) is 0 Å². The lowest BCUT2D eigenvalue weighted by molar-refractivity contribution is -0.124. The Morgan fingerprint density at radius 2 is 2.00 bits per heavy atom. The molecule has 0 spiro atoms. The summed E-state index contributed by atoms with van der Waals surface area (Å²) in [6.07, 6.45) is 3.02. The first-order valence-electron chi connectivity index (χ1n) is 4.71. The number of hydrogen-bond acceptors (Lipinski definition) is 4. The van der Waals surface area contributed by atoms with Gasteiger partial charge in [-0.1, -0.05) is 0 Å². The second-order valence-corrected chi connectivity index (χ2v) is 3.28. The number of imide groups is 1. The summed E-state index contributed by atoms with van der Waals surface area (Å²) < 4.78 is 1.45. The first kappa shape index (κ1) is 10.3. The van der Waals surface area contributed by atoms with Crippen molar-refractivity contribution in [2.75, 3.05) is 4.90 Å². The van der Waals surface area contributed by atoms with Crippen LogP contribution in [0.1, 0.15) is 13.8 Å². The maximum Gasteiger partial charge on any atom is 0.231 e. The molecule has 82 valence electrons. The molecule has 6 heteroatoms. The van der Waals surface area contributed by atoms with Crippen molar-refractivity contribution in [3.05, 3.63) is 24.5 Å².